The van der Waals surface area contributed by atoms with E-state index in [0.717, 1.165) is 10.1 Å². The summed E-state index contributed by atoms with van der Waals surface area (Å²) in [5, 5.41) is 14.6. The van der Waals surface area contributed by atoms with E-state index in [-0.39, 0.29) is 17.8 Å². The fourth-order valence-corrected chi connectivity index (χ4v) is 2.85. The van der Waals surface area contributed by atoms with Crippen LogP contribution < -0.4 is 0 Å². The minimum atomic E-state index is -4.42. The minimum absolute atomic E-state index is 0.261. The van der Waals surface area contributed by atoms with E-state index in [1.54, 1.807) is 6.07 Å². The van der Waals surface area contributed by atoms with Crippen LogP contribution in [-0.4, -0.2) is 26.0 Å². The van der Waals surface area contributed by atoms with E-state index < -0.39 is 12.7 Å². The number of aliphatic hydroxyl groups excluding tert-OH is 1. The van der Waals surface area contributed by atoms with Crippen LogP contribution in [0.2, 0.25) is 0 Å². The molecule has 0 aliphatic heterocycles. The first-order chi connectivity index (χ1) is 12.0. The lowest BCUT2D eigenvalue weighted by Gasteiger charge is -2.07. The molecule has 128 valence electrons. The summed E-state index contributed by atoms with van der Waals surface area (Å²) in [4.78, 5) is 4.07. The zero-order chi connectivity index (χ0) is 17.6. The van der Waals surface area contributed by atoms with Crippen LogP contribution in [0.3, 0.4) is 0 Å². The Kier molecular flexibility index (Phi) is 3.50. The molecular weight excluding hydrogens is 335 g/mol. The Labute approximate surface area is 139 Å². The average molecular weight is 347 g/mol. The molecule has 4 rings (SSSR count). The number of furan rings is 1. The number of nitrogens with zero attached hydrogens (tertiary/aromatic N) is 3. The highest BCUT2D eigenvalue weighted by atomic mass is 19.4. The predicted molar refractivity (Wildman–Crippen MR) is 84.7 cm³/mol. The standard InChI is InChI=1S/C17H12F3N3O2/c18-17(19,20)9-23-14-5-10(7-24)21-6-12(14)16(22-23)13-8-25-15-4-2-1-3-11(13)15/h1-6,8,24H,7,9H2. The molecule has 0 amide bonds. The van der Waals surface area contributed by atoms with Gasteiger partial charge in [0.15, 0.2) is 0 Å². The second-order valence-corrected chi connectivity index (χ2v) is 5.62. The molecule has 0 radical (unpaired) electrons. The first kappa shape index (κ1) is 15.6. The Bertz CT molecular complexity index is 1070. The number of para-hydroxylation sites is 1. The smallest absolute Gasteiger partial charge is 0.408 e. The molecule has 5 nitrogen and oxygen atoms in total. The van der Waals surface area contributed by atoms with Gasteiger partial charge in [0.25, 0.3) is 0 Å². The lowest BCUT2D eigenvalue weighted by atomic mass is 10.1. The number of halogens is 3. The summed E-state index contributed by atoms with van der Waals surface area (Å²) in [6.45, 7) is -1.59. The number of fused-ring (bicyclic) bond motifs is 2. The van der Waals surface area contributed by atoms with Gasteiger partial charge in [0.2, 0.25) is 0 Å². The first-order valence-corrected chi connectivity index (χ1v) is 7.46. The second kappa shape index (κ2) is 5.59. The largest absolute Gasteiger partial charge is 0.464 e. The lowest BCUT2D eigenvalue weighted by molar-refractivity contribution is -0.141. The fraction of sp³-hybridized carbons (Fsp3) is 0.176. The Balaban J connectivity index is 1.98. The van der Waals surface area contributed by atoms with E-state index in [4.69, 9.17) is 4.42 Å². The van der Waals surface area contributed by atoms with Crippen molar-refractivity contribution in [2.45, 2.75) is 19.3 Å². The van der Waals surface area contributed by atoms with Gasteiger partial charge in [0.1, 0.15) is 24.1 Å². The lowest BCUT2D eigenvalue weighted by Crippen LogP contribution is -2.18. The highest BCUT2D eigenvalue weighted by molar-refractivity contribution is 6.02. The average Bonchev–Trinajstić information content (AvgIpc) is 3.14. The maximum absolute atomic E-state index is 12.9. The van der Waals surface area contributed by atoms with Crippen molar-refractivity contribution in [1.82, 2.24) is 14.8 Å². The molecule has 1 N–H and O–H groups in total. The van der Waals surface area contributed by atoms with Crippen molar-refractivity contribution in [3.63, 3.8) is 0 Å². The van der Waals surface area contributed by atoms with E-state index in [1.165, 1.54) is 18.5 Å². The highest BCUT2D eigenvalue weighted by Gasteiger charge is 2.30. The van der Waals surface area contributed by atoms with Crippen molar-refractivity contribution >= 4 is 21.9 Å². The van der Waals surface area contributed by atoms with E-state index in [2.05, 4.69) is 10.1 Å². The first-order valence-electron chi connectivity index (χ1n) is 7.46. The van der Waals surface area contributed by atoms with Crippen molar-refractivity contribution < 1.29 is 22.7 Å². The molecule has 0 saturated carbocycles. The van der Waals surface area contributed by atoms with Crippen LogP contribution in [0.4, 0.5) is 13.2 Å². The van der Waals surface area contributed by atoms with Crippen LogP contribution in [0.15, 0.2) is 47.2 Å². The van der Waals surface area contributed by atoms with Crippen molar-refractivity contribution in [3.8, 4) is 11.3 Å². The molecule has 0 fully saturated rings. The summed E-state index contributed by atoms with van der Waals surface area (Å²) in [5.74, 6) is 0. The molecule has 4 aromatic rings. The summed E-state index contributed by atoms with van der Waals surface area (Å²) in [7, 11) is 0. The number of aliphatic hydroxyl groups is 1. The van der Waals surface area contributed by atoms with Gasteiger partial charge in [-0.15, -0.1) is 0 Å². The highest BCUT2D eigenvalue weighted by Crippen LogP contribution is 2.35. The molecule has 0 saturated heterocycles. The molecule has 0 aliphatic rings. The van der Waals surface area contributed by atoms with Crippen LogP contribution in [0.5, 0.6) is 0 Å². The summed E-state index contributed by atoms with van der Waals surface area (Å²) in [5.41, 5.74) is 2.12. The molecule has 1 aromatic carbocycles. The van der Waals surface area contributed by atoms with Gasteiger partial charge >= 0.3 is 6.18 Å². The number of hydrogen-bond acceptors (Lipinski definition) is 4. The molecule has 0 bridgehead atoms. The van der Waals surface area contributed by atoms with Crippen LogP contribution in [-0.2, 0) is 13.2 Å². The SMILES string of the molecule is OCc1cc2c(cn1)c(-c1coc3ccccc13)nn2CC(F)(F)F. The third-order valence-electron chi connectivity index (χ3n) is 3.92. The molecule has 0 aliphatic carbocycles. The van der Waals surface area contributed by atoms with Gasteiger partial charge in [0, 0.05) is 22.5 Å². The summed E-state index contributed by atoms with van der Waals surface area (Å²) < 4.78 is 45.1. The third-order valence-corrected chi connectivity index (χ3v) is 3.92. The van der Waals surface area contributed by atoms with Gasteiger partial charge in [-0.2, -0.15) is 18.3 Å². The fourth-order valence-electron chi connectivity index (χ4n) is 2.85. The summed E-state index contributed by atoms with van der Waals surface area (Å²) in [6.07, 6.45) is -1.51. The molecular formula is C17H12F3N3O2. The van der Waals surface area contributed by atoms with Gasteiger partial charge in [-0.05, 0) is 12.1 Å². The van der Waals surface area contributed by atoms with Gasteiger partial charge < -0.3 is 9.52 Å². The minimum Gasteiger partial charge on any atom is -0.464 e. The number of pyridine rings is 1. The molecule has 3 heterocycles. The van der Waals surface area contributed by atoms with E-state index >= 15 is 0 Å². The Morgan fingerprint density at radius 2 is 1.96 bits per heavy atom. The van der Waals surface area contributed by atoms with Gasteiger partial charge in [0.05, 0.1) is 17.8 Å². The van der Waals surface area contributed by atoms with Crippen LogP contribution in [0.1, 0.15) is 5.69 Å². The molecule has 3 aromatic heterocycles. The quantitative estimate of drug-likeness (QED) is 0.610. The maximum atomic E-state index is 12.9. The number of aromatic nitrogens is 3. The number of hydrogen-bond donors (Lipinski definition) is 1. The monoisotopic (exact) mass is 347 g/mol. The molecule has 25 heavy (non-hydrogen) atoms. The number of rotatable bonds is 3. The normalized spacial score (nSPS) is 12.3. The number of benzene rings is 1. The van der Waals surface area contributed by atoms with Gasteiger partial charge in [-0.25, -0.2) is 0 Å². The summed E-state index contributed by atoms with van der Waals surface area (Å²) >= 11 is 0. The van der Waals surface area contributed by atoms with Crippen molar-refractivity contribution in [3.05, 3.63) is 48.5 Å². The number of alkyl halides is 3. The zero-order valence-electron chi connectivity index (χ0n) is 12.8. The van der Waals surface area contributed by atoms with Crippen molar-refractivity contribution in [1.29, 1.82) is 0 Å². The van der Waals surface area contributed by atoms with E-state index in [0.29, 0.717) is 22.2 Å². The Morgan fingerprint density at radius 3 is 2.72 bits per heavy atom. The molecule has 8 heteroatoms. The van der Waals surface area contributed by atoms with Crippen molar-refractivity contribution in [2.75, 3.05) is 0 Å². The Morgan fingerprint density at radius 1 is 1.16 bits per heavy atom. The zero-order valence-corrected chi connectivity index (χ0v) is 12.8. The molecule has 0 atom stereocenters. The van der Waals surface area contributed by atoms with Crippen LogP contribution in [0, 0.1) is 0 Å². The second-order valence-electron chi connectivity index (χ2n) is 5.62. The molecule has 0 unspecified atom stereocenters. The van der Waals surface area contributed by atoms with Gasteiger partial charge in [-0.1, -0.05) is 18.2 Å². The molecule has 0 spiro atoms. The topological polar surface area (TPSA) is 64.1 Å². The van der Waals surface area contributed by atoms with Crippen molar-refractivity contribution in [2.24, 2.45) is 0 Å². The van der Waals surface area contributed by atoms with E-state index in [1.807, 2.05) is 18.2 Å². The van der Waals surface area contributed by atoms with Crippen LogP contribution >= 0.6 is 0 Å². The van der Waals surface area contributed by atoms with E-state index in [9.17, 15) is 18.3 Å². The predicted octanol–water partition coefficient (Wildman–Crippen LogP) is 3.90. The summed E-state index contributed by atoms with van der Waals surface area (Å²) in [6, 6.07) is 8.64. The maximum Gasteiger partial charge on any atom is 0.408 e. The Hall–Kier alpha value is -2.87. The van der Waals surface area contributed by atoms with Crippen LogP contribution in [0.25, 0.3) is 33.1 Å². The third kappa shape index (κ3) is 2.74. The van der Waals surface area contributed by atoms with Gasteiger partial charge in [-0.3, -0.25) is 9.67 Å².